The molecule has 1 heterocycles. The summed E-state index contributed by atoms with van der Waals surface area (Å²) in [4.78, 5) is 9.26. The van der Waals surface area contributed by atoms with E-state index in [0.717, 1.165) is 22.6 Å². The van der Waals surface area contributed by atoms with E-state index in [2.05, 4.69) is 103 Å². The molecule has 0 aliphatic heterocycles. The molecule has 0 amide bonds. The van der Waals surface area contributed by atoms with Crippen molar-refractivity contribution in [1.82, 2.24) is 9.97 Å². The fourth-order valence-corrected chi connectivity index (χ4v) is 5.71. The molecule has 0 fully saturated rings. The van der Waals surface area contributed by atoms with Crippen LogP contribution in [0.15, 0.2) is 79.0 Å². The molecule has 4 aromatic carbocycles. The number of aliphatic hydroxyl groups is 2. The van der Waals surface area contributed by atoms with Crippen LogP contribution in [0, 0.1) is 19.9 Å². The number of benzene rings is 4. The van der Waals surface area contributed by atoms with Gasteiger partial charge in [-0.1, -0.05) is 79.6 Å². The number of aliphatic hydroxyl groups excluding tert-OH is 2. The zero-order valence-electron chi connectivity index (χ0n) is 24.5. The molecule has 0 saturated carbocycles. The molecule has 5 aromatic rings. The molecule has 2 unspecified atom stereocenters. The van der Waals surface area contributed by atoms with Crippen LogP contribution in [0.3, 0.4) is 0 Å². The first kappa shape index (κ1) is 30.7. The molecular formula is C36H37IrN2O2-. The van der Waals surface area contributed by atoms with Crippen LogP contribution in [0.2, 0.25) is 0 Å². The third-order valence-electron chi connectivity index (χ3n) is 7.69. The molecule has 1 radical (unpaired) electrons. The molecule has 2 atom stereocenters. The van der Waals surface area contributed by atoms with Gasteiger partial charge < -0.3 is 15.2 Å². The van der Waals surface area contributed by atoms with Crippen molar-refractivity contribution in [2.75, 3.05) is 0 Å². The second-order valence-corrected chi connectivity index (χ2v) is 11.5. The SMILES string of the molecule is CC(O)CC(C)O.Cc1cnc(-c2[c-]cc3c(c2)C(C)(C)c2cc(-c4ccc5ccccc5c4)ccc2-3)c(C)n1.[Ir]. The summed E-state index contributed by atoms with van der Waals surface area (Å²) in [5.41, 5.74) is 11.4. The Balaban J connectivity index is 0.000000434. The standard InChI is InChI=1S/C31H25N2.C5H12O2.Ir/c1-19-18-32-30(20(2)33-19)25-12-14-27-26-13-11-24(16-28(26)31(3,4)29(27)17-25)23-10-9-21-7-5-6-8-22(21)15-23;1-4(6)3-5(2)7;/h5-11,13-18H,1-4H3;4-7H,3H2,1-2H3;/q-1;;. The van der Waals surface area contributed by atoms with Crippen molar-refractivity contribution in [3.05, 3.63) is 108 Å². The van der Waals surface area contributed by atoms with E-state index < -0.39 is 0 Å². The zero-order valence-corrected chi connectivity index (χ0v) is 26.9. The molecule has 41 heavy (non-hydrogen) atoms. The minimum Gasteiger partial charge on any atom is -0.393 e. The number of fused-ring (bicyclic) bond motifs is 4. The van der Waals surface area contributed by atoms with Crippen LogP contribution >= 0.6 is 0 Å². The van der Waals surface area contributed by atoms with E-state index in [0.29, 0.717) is 6.42 Å². The number of hydrogen-bond acceptors (Lipinski definition) is 4. The molecule has 0 bridgehead atoms. The van der Waals surface area contributed by atoms with Crippen LogP contribution < -0.4 is 0 Å². The molecular weight excluding hydrogens is 685 g/mol. The first-order valence-electron chi connectivity index (χ1n) is 13.9. The van der Waals surface area contributed by atoms with Gasteiger partial charge in [0.15, 0.2) is 0 Å². The number of rotatable bonds is 4. The Bertz CT molecular complexity index is 1690. The van der Waals surface area contributed by atoms with Crippen molar-refractivity contribution in [3.8, 4) is 33.5 Å². The monoisotopic (exact) mass is 722 g/mol. The number of aromatic nitrogens is 2. The quantitative estimate of drug-likeness (QED) is 0.186. The van der Waals surface area contributed by atoms with Gasteiger partial charge in [0.2, 0.25) is 0 Å². The number of nitrogens with zero attached hydrogens (tertiary/aromatic N) is 2. The van der Waals surface area contributed by atoms with Crippen LogP contribution in [0.1, 0.15) is 56.6 Å². The summed E-state index contributed by atoms with van der Waals surface area (Å²) in [7, 11) is 0. The van der Waals surface area contributed by atoms with E-state index in [9.17, 15) is 0 Å². The van der Waals surface area contributed by atoms with Gasteiger partial charge in [-0.25, -0.2) is 0 Å². The summed E-state index contributed by atoms with van der Waals surface area (Å²) in [5.74, 6) is 0. The van der Waals surface area contributed by atoms with Crippen molar-refractivity contribution in [3.63, 3.8) is 0 Å². The summed E-state index contributed by atoms with van der Waals surface area (Å²) in [6.45, 7) is 12.0. The largest absolute Gasteiger partial charge is 0.393 e. The second-order valence-electron chi connectivity index (χ2n) is 11.5. The fraction of sp³-hybridized carbons (Fsp3) is 0.278. The molecule has 1 aliphatic carbocycles. The van der Waals surface area contributed by atoms with Crippen molar-refractivity contribution in [1.29, 1.82) is 0 Å². The number of aryl methyl sites for hydroxylation is 2. The van der Waals surface area contributed by atoms with E-state index in [-0.39, 0.29) is 37.7 Å². The molecule has 2 N–H and O–H groups in total. The van der Waals surface area contributed by atoms with Crippen LogP contribution in [0.5, 0.6) is 0 Å². The van der Waals surface area contributed by atoms with Crippen molar-refractivity contribution < 1.29 is 30.3 Å². The van der Waals surface area contributed by atoms with Crippen LogP contribution in [0.4, 0.5) is 0 Å². The molecule has 0 saturated heterocycles. The van der Waals surface area contributed by atoms with Gasteiger partial charge in [-0.3, -0.25) is 4.98 Å². The topological polar surface area (TPSA) is 66.2 Å². The van der Waals surface area contributed by atoms with E-state index in [1.54, 1.807) is 13.8 Å². The summed E-state index contributed by atoms with van der Waals surface area (Å²) < 4.78 is 0. The van der Waals surface area contributed by atoms with Gasteiger partial charge in [0, 0.05) is 37.7 Å². The summed E-state index contributed by atoms with van der Waals surface area (Å²) >= 11 is 0. The van der Waals surface area contributed by atoms with Gasteiger partial charge in [0.25, 0.3) is 0 Å². The first-order valence-corrected chi connectivity index (χ1v) is 13.9. The minimum atomic E-state index is -0.375. The Morgan fingerprint density at radius 3 is 2.10 bits per heavy atom. The second kappa shape index (κ2) is 12.3. The maximum Gasteiger partial charge on any atom is 0.0539 e. The molecule has 6 rings (SSSR count). The van der Waals surface area contributed by atoms with Crippen molar-refractivity contribution >= 4 is 10.8 Å². The Kier molecular flexibility index (Phi) is 9.25. The maximum atomic E-state index is 8.56. The summed E-state index contributed by atoms with van der Waals surface area (Å²) in [6.07, 6.45) is 1.55. The van der Waals surface area contributed by atoms with Gasteiger partial charge >= 0.3 is 0 Å². The summed E-state index contributed by atoms with van der Waals surface area (Å²) in [5, 5.41) is 19.7. The third-order valence-corrected chi connectivity index (χ3v) is 7.69. The maximum absolute atomic E-state index is 8.56. The van der Waals surface area contributed by atoms with E-state index in [1.807, 2.05) is 20.0 Å². The molecule has 1 aliphatic rings. The van der Waals surface area contributed by atoms with E-state index in [1.165, 1.54) is 44.2 Å². The van der Waals surface area contributed by atoms with Gasteiger partial charge in [-0.05, 0) is 73.1 Å². The molecule has 4 nitrogen and oxygen atoms in total. The molecule has 1 aromatic heterocycles. The summed E-state index contributed by atoms with van der Waals surface area (Å²) in [6, 6.07) is 30.0. The van der Waals surface area contributed by atoms with Crippen molar-refractivity contribution in [2.24, 2.45) is 0 Å². The molecule has 5 heteroatoms. The average molecular weight is 722 g/mol. The average Bonchev–Trinajstić information content (AvgIpc) is 3.13. The van der Waals surface area contributed by atoms with E-state index >= 15 is 0 Å². The molecule has 0 spiro atoms. The Hall–Kier alpha value is -3.21. The van der Waals surface area contributed by atoms with E-state index in [4.69, 9.17) is 10.2 Å². The number of hydrogen-bond donors (Lipinski definition) is 2. The Morgan fingerprint density at radius 1 is 0.805 bits per heavy atom. The normalized spacial score (nSPS) is 14.2. The predicted molar refractivity (Wildman–Crippen MR) is 164 cm³/mol. The zero-order chi connectivity index (χ0) is 28.6. The Morgan fingerprint density at radius 2 is 1.44 bits per heavy atom. The smallest absolute Gasteiger partial charge is 0.0539 e. The van der Waals surface area contributed by atoms with Crippen LogP contribution in [-0.2, 0) is 25.5 Å². The first-order chi connectivity index (χ1) is 19.0. The van der Waals surface area contributed by atoms with Gasteiger partial charge in [0.1, 0.15) is 0 Å². The van der Waals surface area contributed by atoms with Crippen LogP contribution in [0.25, 0.3) is 44.3 Å². The van der Waals surface area contributed by atoms with Gasteiger partial charge in [-0.2, -0.15) is 0 Å². The predicted octanol–water partition coefficient (Wildman–Crippen LogP) is 7.82. The van der Waals surface area contributed by atoms with Gasteiger partial charge in [-0.15, -0.1) is 29.3 Å². The fourth-order valence-electron chi connectivity index (χ4n) is 5.71. The third kappa shape index (κ3) is 6.34. The van der Waals surface area contributed by atoms with Gasteiger partial charge in [0.05, 0.1) is 17.9 Å². The minimum absolute atomic E-state index is 0. The Labute approximate surface area is 256 Å². The van der Waals surface area contributed by atoms with Crippen LogP contribution in [-0.4, -0.2) is 32.4 Å². The van der Waals surface area contributed by atoms with Crippen molar-refractivity contribution in [2.45, 2.75) is 65.6 Å². The molecule has 213 valence electrons.